The Labute approximate surface area is 133 Å². The summed E-state index contributed by atoms with van der Waals surface area (Å²) >= 11 is 0. The first-order chi connectivity index (χ1) is 11.4. The standard InChI is InChI=1S/C19H16N4/c1-2-6-15-13(5-1)9-10-20-19(15)23-18-14(12-22-23)11-21-17-8-4-3-7-16(17)18/h1-8,11-12,19-20H,9-10H2. The number of rotatable bonds is 1. The van der Waals surface area contributed by atoms with Crippen LogP contribution in [0.2, 0.25) is 0 Å². The van der Waals surface area contributed by atoms with Gasteiger partial charge in [0.2, 0.25) is 0 Å². The van der Waals surface area contributed by atoms with Crippen molar-refractivity contribution in [2.24, 2.45) is 0 Å². The number of nitrogens with zero attached hydrogens (tertiary/aromatic N) is 3. The number of hydrogen-bond acceptors (Lipinski definition) is 3. The van der Waals surface area contributed by atoms with E-state index in [-0.39, 0.29) is 6.17 Å². The average molecular weight is 300 g/mol. The molecule has 2 aromatic heterocycles. The highest BCUT2D eigenvalue weighted by atomic mass is 15.4. The lowest BCUT2D eigenvalue weighted by molar-refractivity contribution is 0.421. The second-order valence-corrected chi connectivity index (χ2v) is 5.97. The Morgan fingerprint density at radius 3 is 2.87 bits per heavy atom. The zero-order valence-electron chi connectivity index (χ0n) is 12.6. The maximum absolute atomic E-state index is 4.68. The van der Waals surface area contributed by atoms with Crippen molar-refractivity contribution in [1.29, 1.82) is 0 Å². The van der Waals surface area contributed by atoms with Gasteiger partial charge in [0.15, 0.2) is 0 Å². The molecule has 112 valence electrons. The molecule has 0 saturated heterocycles. The van der Waals surface area contributed by atoms with Gasteiger partial charge in [0.05, 0.1) is 17.2 Å². The van der Waals surface area contributed by atoms with Crippen LogP contribution in [0, 0.1) is 0 Å². The second kappa shape index (κ2) is 4.89. The minimum Gasteiger partial charge on any atom is -0.292 e. The third kappa shape index (κ3) is 1.88. The summed E-state index contributed by atoms with van der Waals surface area (Å²) in [5, 5.41) is 10.5. The van der Waals surface area contributed by atoms with Crippen LogP contribution in [0.5, 0.6) is 0 Å². The van der Waals surface area contributed by atoms with E-state index in [1.807, 2.05) is 24.5 Å². The second-order valence-electron chi connectivity index (χ2n) is 5.97. The first kappa shape index (κ1) is 12.8. The van der Waals surface area contributed by atoms with Crippen molar-refractivity contribution in [3.63, 3.8) is 0 Å². The van der Waals surface area contributed by atoms with E-state index in [1.165, 1.54) is 11.1 Å². The van der Waals surface area contributed by atoms with Crippen molar-refractivity contribution in [3.05, 3.63) is 72.1 Å². The van der Waals surface area contributed by atoms with Crippen LogP contribution in [0.4, 0.5) is 0 Å². The summed E-state index contributed by atoms with van der Waals surface area (Å²) in [5.41, 5.74) is 4.86. The Bertz CT molecular complexity index is 1020. The van der Waals surface area contributed by atoms with Gasteiger partial charge < -0.3 is 0 Å². The van der Waals surface area contributed by atoms with Crippen LogP contribution < -0.4 is 5.32 Å². The molecule has 1 aliphatic heterocycles. The van der Waals surface area contributed by atoms with E-state index in [4.69, 9.17) is 0 Å². The molecule has 5 rings (SSSR count). The molecule has 4 nitrogen and oxygen atoms in total. The van der Waals surface area contributed by atoms with Crippen LogP contribution >= 0.6 is 0 Å². The van der Waals surface area contributed by atoms with Crippen molar-refractivity contribution in [3.8, 4) is 0 Å². The monoisotopic (exact) mass is 300 g/mol. The minimum atomic E-state index is 0.0725. The molecule has 1 aliphatic rings. The van der Waals surface area contributed by atoms with Crippen molar-refractivity contribution in [2.75, 3.05) is 6.54 Å². The number of pyridine rings is 1. The first-order valence-electron chi connectivity index (χ1n) is 7.94. The molecule has 0 spiro atoms. The Hall–Kier alpha value is -2.72. The minimum absolute atomic E-state index is 0.0725. The van der Waals surface area contributed by atoms with Crippen molar-refractivity contribution < 1.29 is 0 Å². The largest absolute Gasteiger partial charge is 0.292 e. The van der Waals surface area contributed by atoms with Crippen LogP contribution in [0.15, 0.2) is 60.9 Å². The molecule has 23 heavy (non-hydrogen) atoms. The number of para-hydroxylation sites is 1. The lowest BCUT2D eigenvalue weighted by atomic mass is 9.98. The molecular formula is C19H16N4. The van der Waals surface area contributed by atoms with Gasteiger partial charge in [-0.3, -0.25) is 10.3 Å². The van der Waals surface area contributed by atoms with E-state index in [0.717, 1.165) is 34.8 Å². The Morgan fingerprint density at radius 2 is 1.87 bits per heavy atom. The molecule has 0 amide bonds. The van der Waals surface area contributed by atoms with Gasteiger partial charge in [-0.1, -0.05) is 42.5 Å². The van der Waals surface area contributed by atoms with Gasteiger partial charge in [0, 0.05) is 23.5 Å². The lowest BCUT2D eigenvalue weighted by Crippen LogP contribution is -2.35. The summed E-state index contributed by atoms with van der Waals surface area (Å²) in [6, 6.07) is 16.9. The summed E-state index contributed by atoms with van der Waals surface area (Å²) in [6.45, 7) is 0.964. The smallest absolute Gasteiger partial charge is 0.128 e. The Morgan fingerprint density at radius 1 is 1.00 bits per heavy atom. The van der Waals surface area contributed by atoms with E-state index >= 15 is 0 Å². The third-order valence-corrected chi connectivity index (χ3v) is 4.65. The molecule has 4 heteroatoms. The van der Waals surface area contributed by atoms with Crippen molar-refractivity contribution >= 4 is 21.8 Å². The summed E-state index contributed by atoms with van der Waals surface area (Å²) < 4.78 is 2.11. The average Bonchev–Trinajstić information content (AvgIpc) is 3.05. The predicted molar refractivity (Wildman–Crippen MR) is 91.3 cm³/mol. The summed E-state index contributed by atoms with van der Waals surface area (Å²) in [7, 11) is 0. The number of benzene rings is 2. The fourth-order valence-corrected chi connectivity index (χ4v) is 3.57. The fourth-order valence-electron chi connectivity index (χ4n) is 3.57. The van der Waals surface area contributed by atoms with Crippen molar-refractivity contribution in [2.45, 2.75) is 12.6 Å². The summed E-state index contributed by atoms with van der Waals surface area (Å²) in [4.78, 5) is 4.54. The maximum atomic E-state index is 4.68. The van der Waals surface area contributed by atoms with Gasteiger partial charge >= 0.3 is 0 Å². The van der Waals surface area contributed by atoms with Gasteiger partial charge in [-0.15, -0.1) is 0 Å². The van der Waals surface area contributed by atoms with E-state index < -0.39 is 0 Å². The van der Waals surface area contributed by atoms with E-state index in [0.29, 0.717) is 0 Å². The van der Waals surface area contributed by atoms with Crippen LogP contribution in [0.1, 0.15) is 17.3 Å². The van der Waals surface area contributed by atoms with Crippen LogP contribution in [0.3, 0.4) is 0 Å². The number of hydrogen-bond donors (Lipinski definition) is 1. The molecule has 2 aromatic carbocycles. The Kier molecular flexibility index (Phi) is 2.72. The molecule has 1 N–H and O–H groups in total. The van der Waals surface area contributed by atoms with E-state index in [9.17, 15) is 0 Å². The lowest BCUT2D eigenvalue weighted by Gasteiger charge is -2.27. The van der Waals surface area contributed by atoms with Crippen molar-refractivity contribution in [1.82, 2.24) is 20.1 Å². The van der Waals surface area contributed by atoms with E-state index in [1.54, 1.807) is 0 Å². The molecular weight excluding hydrogens is 284 g/mol. The van der Waals surface area contributed by atoms with E-state index in [2.05, 4.69) is 56.5 Å². The molecule has 1 unspecified atom stereocenters. The zero-order chi connectivity index (χ0) is 15.2. The molecule has 0 aliphatic carbocycles. The van der Waals surface area contributed by atoms with Crippen LogP contribution in [0.25, 0.3) is 21.8 Å². The highest BCUT2D eigenvalue weighted by Gasteiger charge is 2.23. The summed E-state index contributed by atoms with van der Waals surface area (Å²) in [5.74, 6) is 0. The van der Waals surface area contributed by atoms with Gasteiger partial charge in [0.25, 0.3) is 0 Å². The fraction of sp³-hybridized carbons (Fsp3) is 0.158. The third-order valence-electron chi connectivity index (χ3n) is 4.65. The normalized spacial score (nSPS) is 17.5. The first-order valence-corrected chi connectivity index (χ1v) is 7.94. The molecule has 0 saturated carbocycles. The number of fused-ring (bicyclic) bond motifs is 4. The Balaban J connectivity index is 1.80. The van der Waals surface area contributed by atoms with Gasteiger partial charge in [-0.2, -0.15) is 5.10 Å². The number of aromatic nitrogens is 3. The number of nitrogens with one attached hydrogen (secondary N) is 1. The zero-order valence-corrected chi connectivity index (χ0v) is 12.6. The molecule has 4 aromatic rings. The molecule has 1 atom stereocenters. The molecule has 0 radical (unpaired) electrons. The molecule has 3 heterocycles. The predicted octanol–water partition coefficient (Wildman–Crippen LogP) is 3.28. The maximum Gasteiger partial charge on any atom is 0.128 e. The quantitative estimate of drug-likeness (QED) is 0.586. The SMILES string of the molecule is c1ccc2c(c1)CCNC2n1ncc2cnc3ccccc3c21. The van der Waals surface area contributed by atoms with Crippen LogP contribution in [-0.4, -0.2) is 21.3 Å². The van der Waals surface area contributed by atoms with Gasteiger partial charge in [-0.05, 0) is 23.6 Å². The summed E-state index contributed by atoms with van der Waals surface area (Å²) in [6.07, 6.45) is 4.96. The highest BCUT2D eigenvalue weighted by molar-refractivity contribution is 6.03. The highest BCUT2D eigenvalue weighted by Crippen LogP contribution is 2.30. The van der Waals surface area contributed by atoms with Crippen LogP contribution in [-0.2, 0) is 6.42 Å². The molecule has 0 bridgehead atoms. The topological polar surface area (TPSA) is 42.7 Å². The van der Waals surface area contributed by atoms with Gasteiger partial charge in [0.1, 0.15) is 6.17 Å². The van der Waals surface area contributed by atoms with Gasteiger partial charge in [-0.25, -0.2) is 4.68 Å². The molecule has 0 fully saturated rings.